The number of morpholine rings is 1. The average Bonchev–Trinajstić information content (AvgIpc) is 3.36. The summed E-state index contributed by atoms with van der Waals surface area (Å²) < 4.78 is 39.1. The van der Waals surface area contributed by atoms with Gasteiger partial charge in [-0.2, -0.15) is 4.31 Å². The zero-order valence-electron chi connectivity index (χ0n) is 20.0. The molecule has 0 spiro atoms. The molecule has 0 amide bonds. The minimum atomic E-state index is -3.63. The smallest absolute Gasteiger partial charge is 0.243 e. The molecule has 3 heterocycles. The van der Waals surface area contributed by atoms with E-state index in [1.807, 2.05) is 12.1 Å². The number of rotatable bonds is 9. The lowest BCUT2D eigenvalue weighted by Crippen LogP contribution is -2.43. The first-order valence-electron chi connectivity index (χ1n) is 12.0. The van der Waals surface area contributed by atoms with Crippen LogP contribution in [0, 0.1) is 11.8 Å². The number of ether oxygens (including phenoxy) is 1. The van der Waals surface area contributed by atoms with Gasteiger partial charge in [-0.05, 0) is 42.5 Å². The molecule has 8 nitrogen and oxygen atoms in total. The summed E-state index contributed by atoms with van der Waals surface area (Å²) in [7, 11) is -3.63. The molecule has 0 aliphatic carbocycles. The highest BCUT2D eigenvalue weighted by molar-refractivity contribution is 7.89. The Kier molecular flexibility index (Phi) is 8.21. The third kappa shape index (κ3) is 5.95. The van der Waals surface area contributed by atoms with E-state index in [2.05, 4.69) is 24.1 Å². The second-order valence-electron chi connectivity index (χ2n) is 9.53. The predicted molar refractivity (Wildman–Crippen MR) is 129 cm³/mol. The number of carbonyl (C=O) groups is 1. The number of nitrogens with one attached hydrogen (secondary N) is 1. The molecule has 2 saturated heterocycles. The fourth-order valence-corrected chi connectivity index (χ4v) is 6.71. The normalized spacial score (nSPS) is 23.6. The van der Waals surface area contributed by atoms with Crippen LogP contribution in [0.4, 0.5) is 0 Å². The lowest BCUT2D eigenvalue weighted by atomic mass is 9.94. The number of ketones is 1. The Labute approximate surface area is 202 Å². The van der Waals surface area contributed by atoms with E-state index in [0.717, 1.165) is 25.3 Å². The van der Waals surface area contributed by atoms with Crippen LogP contribution in [0.1, 0.15) is 42.4 Å². The number of benzene rings is 1. The molecule has 3 atom stereocenters. The standard InChI is InChI=1S/C25H35N3O5S/c1-19-13-20(2)18-28(17-19)34(30,31)22-6-3-5-21(14-22)24(29)16-26-15-23(25-7-4-10-33-25)27-8-11-32-12-9-27/h3-7,10,14,19-20,23,26H,8-9,11-13,15-18H2,1-2H3. The van der Waals surface area contributed by atoms with Crippen LogP contribution in [0.3, 0.4) is 0 Å². The van der Waals surface area contributed by atoms with E-state index < -0.39 is 10.0 Å². The largest absolute Gasteiger partial charge is 0.468 e. The minimum absolute atomic E-state index is 0.00138. The van der Waals surface area contributed by atoms with Gasteiger partial charge < -0.3 is 14.5 Å². The van der Waals surface area contributed by atoms with Crippen LogP contribution in [0.25, 0.3) is 0 Å². The zero-order valence-corrected chi connectivity index (χ0v) is 20.8. The van der Waals surface area contributed by atoms with E-state index in [4.69, 9.17) is 9.15 Å². The maximum Gasteiger partial charge on any atom is 0.243 e. The van der Waals surface area contributed by atoms with Gasteiger partial charge in [-0.15, -0.1) is 0 Å². The first kappa shape index (κ1) is 25.1. The average molecular weight is 490 g/mol. The molecule has 2 aromatic rings. The monoisotopic (exact) mass is 489 g/mol. The fraction of sp³-hybridized carbons (Fsp3) is 0.560. The molecule has 3 unspecified atom stereocenters. The third-order valence-electron chi connectivity index (χ3n) is 6.61. The van der Waals surface area contributed by atoms with E-state index in [9.17, 15) is 13.2 Å². The van der Waals surface area contributed by atoms with Crippen LogP contribution in [0.2, 0.25) is 0 Å². The Morgan fingerprint density at radius 1 is 1.12 bits per heavy atom. The first-order chi connectivity index (χ1) is 16.3. The predicted octanol–water partition coefficient (Wildman–Crippen LogP) is 2.79. The number of hydrogen-bond acceptors (Lipinski definition) is 7. The van der Waals surface area contributed by atoms with Gasteiger partial charge in [0.05, 0.1) is 37.0 Å². The fourth-order valence-electron chi connectivity index (χ4n) is 4.99. The molecule has 0 radical (unpaired) electrons. The maximum absolute atomic E-state index is 13.2. The molecule has 1 N–H and O–H groups in total. The maximum atomic E-state index is 13.2. The van der Waals surface area contributed by atoms with E-state index >= 15 is 0 Å². The van der Waals surface area contributed by atoms with Crippen LogP contribution in [-0.2, 0) is 14.8 Å². The molecule has 0 bridgehead atoms. The molecule has 4 rings (SSSR count). The van der Waals surface area contributed by atoms with Gasteiger partial charge in [0.2, 0.25) is 10.0 Å². The van der Waals surface area contributed by atoms with Crippen molar-refractivity contribution in [3.8, 4) is 0 Å². The summed E-state index contributed by atoms with van der Waals surface area (Å²) in [6.07, 6.45) is 2.68. The van der Waals surface area contributed by atoms with Crippen molar-refractivity contribution in [2.75, 3.05) is 52.5 Å². The van der Waals surface area contributed by atoms with Gasteiger partial charge in [0, 0.05) is 38.3 Å². The lowest BCUT2D eigenvalue weighted by Gasteiger charge is -2.34. The lowest BCUT2D eigenvalue weighted by molar-refractivity contribution is 0.0117. The summed E-state index contributed by atoms with van der Waals surface area (Å²) in [6.45, 7) is 8.79. The third-order valence-corrected chi connectivity index (χ3v) is 8.44. The Hall–Kier alpha value is -2.04. The first-order valence-corrected chi connectivity index (χ1v) is 13.5. The van der Waals surface area contributed by atoms with Crippen molar-refractivity contribution in [3.63, 3.8) is 0 Å². The van der Waals surface area contributed by atoms with Gasteiger partial charge in [0.1, 0.15) is 5.76 Å². The van der Waals surface area contributed by atoms with E-state index in [0.29, 0.717) is 50.2 Å². The number of hydrogen-bond donors (Lipinski definition) is 1. The quantitative estimate of drug-likeness (QED) is 0.542. The van der Waals surface area contributed by atoms with E-state index in [1.54, 1.807) is 28.8 Å². The summed E-state index contributed by atoms with van der Waals surface area (Å²) in [6, 6.07) is 10.2. The molecule has 186 valence electrons. The number of carbonyl (C=O) groups excluding carboxylic acids is 1. The van der Waals surface area contributed by atoms with E-state index in [-0.39, 0.29) is 23.3 Å². The highest BCUT2D eigenvalue weighted by Crippen LogP contribution is 2.27. The second kappa shape index (κ2) is 11.1. The highest BCUT2D eigenvalue weighted by atomic mass is 32.2. The van der Waals surface area contributed by atoms with Gasteiger partial charge in [-0.3, -0.25) is 9.69 Å². The number of sulfonamides is 1. The number of nitrogens with zero attached hydrogens (tertiary/aromatic N) is 2. The minimum Gasteiger partial charge on any atom is -0.468 e. The van der Waals surface area contributed by atoms with Crippen LogP contribution in [-0.4, -0.2) is 75.9 Å². The van der Waals surface area contributed by atoms with E-state index in [1.165, 1.54) is 6.07 Å². The van der Waals surface area contributed by atoms with Crippen molar-refractivity contribution in [3.05, 3.63) is 54.0 Å². The van der Waals surface area contributed by atoms with Gasteiger partial charge in [-0.1, -0.05) is 26.0 Å². The number of furan rings is 1. The summed E-state index contributed by atoms with van der Waals surface area (Å²) in [4.78, 5) is 15.4. The molecule has 1 aromatic carbocycles. The van der Waals surface area contributed by atoms with Crippen molar-refractivity contribution in [2.45, 2.75) is 31.2 Å². The molecule has 0 saturated carbocycles. The van der Waals surface area contributed by atoms with Gasteiger partial charge in [0.25, 0.3) is 0 Å². The topological polar surface area (TPSA) is 92.1 Å². The Morgan fingerprint density at radius 3 is 2.53 bits per heavy atom. The number of Topliss-reactive ketones (excluding diaryl/α,β-unsaturated/α-hetero) is 1. The highest BCUT2D eigenvalue weighted by Gasteiger charge is 2.32. The summed E-state index contributed by atoms with van der Waals surface area (Å²) >= 11 is 0. The molecular formula is C25H35N3O5S. The van der Waals surface area contributed by atoms with Gasteiger partial charge in [-0.25, -0.2) is 8.42 Å². The second-order valence-corrected chi connectivity index (χ2v) is 11.5. The molecule has 34 heavy (non-hydrogen) atoms. The molecule has 1 aromatic heterocycles. The molecule has 9 heteroatoms. The van der Waals surface area contributed by atoms with Crippen molar-refractivity contribution in [2.24, 2.45) is 11.8 Å². The van der Waals surface area contributed by atoms with Crippen LogP contribution < -0.4 is 5.32 Å². The van der Waals surface area contributed by atoms with Crippen molar-refractivity contribution in [1.29, 1.82) is 0 Å². The summed E-state index contributed by atoms with van der Waals surface area (Å²) in [5.74, 6) is 1.35. The number of piperidine rings is 1. The van der Waals surface area contributed by atoms with Crippen LogP contribution >= 0.6 is 0 Å². The molecule has 2 aliphatic rings. The zero-order chi connectivity index (χ0) is 24.1. The van der Waals surface area contributed by atoms with Gasteiger partial charge >= 0.3 is 0 Å². The molecular weight excluding hydrogens is 454 g/mol. The summed E-state index contributed by atoms with van der Waals surface area (Å²) in [5.41, 5.74) is 0.396. The van der Waals surface area contributed by atoms with Gasteiger partial charge in [0.15, 0.2) is 5.78 Å². The van der Waals surface area contributed by atoms with Crippen molar-refractivity contribution < 1.29 is 22.4 Å². The van der Waals surface area contributed by atoms with Crippen LogP contribution in [0.5, 0.6) is 0 Å². The molecule has 2 aliphatic heterocycles. The van der Waals surface area contributed by atoms with Crippen LogP contribution in [0.15, 0.2) is 52.0 Å². The SMILES string of the molecule is CC1CC(C)CN(S(=O)(=O)c2cccc(C(=O)CNCC(c3ccco3)N3CCOCC3)c2)C1. The van der Waals surface area contributed by atoms with Crippen molar-refractivity contribution in [1.82, 2.24) is 14.5 Å². The molecule has 2 fully saturated rings. The Bertz CT molecular complexity index is 1040. The Balaban J connectivity index is 1.40. The summed E-state index contributed by atoms with van der Waals surface area (Å²) in [5, 5.41) is 3.25. The van der Waals surface area contributed by atoms with Crippen molar-refractivity contribution >= 4 is 15.8 Å². The Morgan fingerprint density at radius 2 is 1.85 bits per heavy atom.